The van der Waals surface area contributed by atoms with Crippen molar-refractivity contribution < 1.29 is 18.9 Å². The van der Waals surface area contributed by atoms with Crippen molar-refractivity contribution in [1.82, 2.24) is 9.55 Å². The first kappa shape index (κ1) is 18.1. The Kier molecular flexibility index (Phi) is 4.62. The van der Waals surface area contributed by atoms with Gasteiger partial charge >= 0.3 is 11.6 Å². The van der Waals surface area contributed by atoms with Crippen molar-refractivity contribution in [2.24, 2.45) is 0 Å². The lowest BCUT2D eigenvalue weighted by Gasteiger charge is -2.08. The zero-order chi connectivity index (χ0) is 20.4. The molecule has 0 fully saturated rings. The fourth-order valence-electron chi connectivity index (χ4n) is 2.87. The summed E-state index contributed by atoms with van der Waals surface area (Å²) in [5.74, 6) is -0.500. The number of nitro benzene ring substituents is 1. The van der Waals surface area contributed by atoms with E-state index in [0.29, 0.717) is 11.9 Å². The molecular weight excluding hydrogens is 378 g/mol. The molecule has 29 heavy (non-hydrogen) atoms. The predicted molar refractivity (Wildman–Crippen MR) is 102 cm³/mol. The van der Waals surface area contributed by atoms with Crippen LogP contribution in [0, 0.1) is 10.1 Å². The number of rotatable bonds is 5. The molecule has 0 aliphatic rings. The van der Waals surface area contributed by atoms with Gasteiger partial charge in [-0.1, -0.05) is 0 Å². The Morgan fingerprint density at radius 2 is 1.97 bits per heavy atom. The monoisotopic (exact) mass is 391 g/mol. The number of non-ortho nitro benzene ring substituents is 1. The van der Waals surface area contributed by atoms with Gasteiger partial charge < -0.3 is 13.7 Å². The van der Waals surface area contributed by atoms with E-state index in [2.05, 4.69) is 4.98 Å². The third-order valence-corrected chi connectivity index (χ3v) is 4.24. The van der Waals surface area contributed by atoms with E-state index in [1.807, 2.05) is 4.57 Å². The molecule has 0 amide bonds. The Morgan fingerprint density at radius 3 is 2.66 bits per heavy atom. The van der Waals surface area contributed by atoms with Gasteiger partial charge in [0, 0.05) is 48.6 Å². The number of hydrogen-bond donors (Lipinski definition) is 0. The largest absolute Gasteiger partial charge is 0.423 e. The van der Waals surface area contributed by atoms with Gasteiger partial charge in [0.2, 0.25) is 0 Å². The van der Waals surface area contributed by atoms with Crippen LogP contribution in [0.15, 0.2) is 76.5 Å². The molecule has 0 saturated heterocycles. The van der Waals surface area contributed by atoms with Crippen LogP contribution in [0.5, 0.6) is 5.75 Å². The van der Waals surface area contributed by atoms with Gasteiger partial charge in [0.1, 0.15) is 11.3 Å². The average Bonchev–Trinajstić information content (AvgIpc) is 3.20. The summed E-state index contributed by atoms with van der Waals surface area (Å²) in [6, 6.07) is 11.2. The lowest BCUT2D eigenvalue weighted by atomic mass is 10.1. The van der Waals surface area contributed by atoms with Crippen LogP contribution in [0.3, 0.4) is 0 Å². The Balaban J connectivity index is 1.61. The highest BCUT2D eigenvalue weighted by atomic mass is 16.6. The average molecular weight is 391 g/mol. The minimum atomic E-state index is -0.684. The van der Waals surface area contributed by atoms with E-state index >= 15 is 0 Å². The number of fused-ring (bicyclic) bond motifs is 1. The van der Waals surface area contributed by atoms with Crippen LogP contribution in [0.1, 0.15) is 15.9 Å². The first-order chi connectivity index (χ1) is 14.0. The topological polar surface area (TPSA) is 117 Å². The van der Waals surface area contributed by atoms with Crippen molar-refractivity contribution in [2.75, 3.05) is 0 Å². The molecule has 0 unspecified atom stereocenters. The van der Waals surface area contributed by atoms with Gasteiger partial charge in [-0.15, -0.1) is 0 Å². The second-order valence-corrected chi connectivity index (χ2v) is 6.18. The fourth-order valence-corrected chi connectivity index (χ4v) is 2.87. The molecule has 0 bridgehead atoms. The maximum atomic E-state index is 12.3. The summed E-state index contributed by atoms with van der Waals surface area (Å²) in [6.07, 6.45) is 5.06. The van der Waals surface area contributed by atoms with Gasteiger partial charge in [0.15, 0.2) is 0 Å². The smallest absolute Gasteiger partial charge is 0.343 e. The Bertz CT molecular complexity index is 1260. The van der Waals surface area contributed by atoms with E-state index in [4.69, 9.17) is 9.15 Å². The maximum Gasteiger partial charge on any atom is 0.343 e. The summed E-state index contributed by atoms with van der Waals surface area (Å²) in [6.45, 7) is 0.435. The third kappa shape index (κ3) is 3.88. The van der Waals surface area contributed by atoms with E-state index in [0.717, 1.165) is 5.56 Å². The number of imidazole rings is 1. The minimum Gasteiger partial charge on any atom is -0.423 e. The molecule has 0 radical (unpaired) electrons. The highest BCUT2D eigenvalue weighted by Gasteiger charge is 2.13. The van der Waals surface area contributed by atoms with Crippen LogP contribution in [-0.2, 0) is 6.54 Å². The lowest BCUT2D eigenvalue weighted by molar-refractivity contribution is -0.384. The number of nitro groups is 1. The van der Waals surface area contributed by atoms with Gasteiger partial charge in [-0.2, -0.15) is 0 Å². The van der Waals surface area contributed by atoms with E-state index in [-0.39, 0.29) is 22.6 Å². The normalized spacial score (nSPS) is 10.8. The molecule has 0 N–H and O–H groups in total. The van der Waals surface area contributed by atoms with Crippen molar-refractivity contribution in [3.05, 3.63) is 98.9 Å². The van der Waals surface area contributed by atoms with Gasteiger partial charge in [-0.25, -0.2) is 14.6 Å². The predicted octanol–water partition coefficient (Wildman–Crippen LogP) is 3.17. The van der Waals surface area contributed by atoms with Crippen molar-refractivity contribution in [3.8, 4) is 5.75 Å². The SMILES string of the molecule is O=C(Oc1ccc2c(Cn3ccnc3)cc(=O)oc2c1)c1ccc([N+](=O)[O-])cc1. The number of ether oxygens (including phenoxy) is 1. The minimum absolute atomic E-state index is 0.126. The van der Waals surface area contributed by atoms with Crippen LogP contribution in [0.4, 0.5) is 5.69 Å². The maximum absolute atomic E-state index is 12.3. The van der Waals surface area contributed by atoms with Crippen molar-refractivity contribution in [2.45, 2.75) is 6.54 Å². The van der Waals surface area contributed by atoms with E-state index in [9.17, 15) is 19.7 Å². The number of carbonyl (C=O) groups excluding carboxylic acids is 1. The molecule has 4 aromatic rings. The van der Waals surface area contributed by atoms with Gasteiger partial charge in [-0.3, -0.25) is 10.1 Å². The fraction of sp³-hybridized carbons (Fsp3) is 0.0500. The number of carbonyl (C=O) groups is 1. The molecule has 2 aromatic carbocycles. The van der Waals surface area contributed by atoms with Crippen LogP contribution in [0.2, 0.25) is 0 Å². The van der Waals surface area contributed by atoms with E-state index in [1.54, 1.807) is 30.9 Å². The number of benzene rings is 2. The molecule has 0 aliphatic heterocycles. The Morgan fingerprint density at radius 1 is 1.17 bits per heavy atom. The van der Waals surface area contributed by atoms with Gasteiger partial charge in [0.05, 0.1) is 16.8 Å². The highest BCUT2D eigenvalue weighted by molar-refractivity contribution is 5.92. The number of aromatic nitrogens is 2. The molecule has 0 atom stereocenters. The summed E-state index contributed by atoms with van der Waals surface area (Å²) in [5.41, 5.74) is 0.529. The summed E-state index contributed by atoms with van der Waals surface area (Å²) in [7, 11) is 0. The molecule has 9 heteroatoms. The molecule has 0 saturated carbocycles. The van der Waals surface area contributed by atoms with Crippen molar-refractivity contribution in [3.63, 3.8) is 0 Å². The third-order valence-electron chi connectivity index (χ3n) is 4.24. The van der Waals surface area contributed by atoms with Crippen molar-refractivity contribution in [1.29, 1.82) is 0 Å². The van der Waals surface area contributed by atoms with Crippen molar-refractivity contribution >= 4 is 22.6 Å². The molecule has 0 aliphatic carbocycles. The zero-order valence-electron chi connectivity index (χ0n) is 14.8. The lowest BCUT2D eigenvalue weighted by Crippen LogP contribution is -2.09. The standard InChI is InChI=1S/C20H13N3O6/c24-19-9-14(11-22-8-7-21-12-22)17-6-5-16(10-18(17)29-19)28-20(25)13-1-3-15(4-2-13)23(26)27/h1-10,12H,11H2. The molecule has 2 heterocycles. The summed E-state index contributed by atoms with van der Waals surface area (Å²) in [5, 5.41) is 11.4. The Labute approximate surface area is 162 Å². The number of nitrogens with zero attached hydrogens (tertiary/aromatic N) is 3. The first-order valence-corrected chi connectivity index (χ1v) is 8.49. The zero-order valence-corrected chi connectivity index (χ0v) is 14.8. The molecular formula is C20H13N3O6. The molecule has 9 nitrogen and oxygen atoms in total. The number of esters is 1. The van der Waals surface area contributed by atoms with Crippen LogP contribution < -0.4 is 10.4 Å². The first-order valence-electron chi connectivity index (χ1n) is 8.49. The summed E-state index contributed by atoms with van der Waals surface area (Å²) < 4.78 is 12.4. The number of hydrogen-bond acceptors (Lipinski definition) is 7. The second-order valence-electron chi connectivity index (χ2n) is 6.18. The van der Waals surface area contributed by atoms with Crippen LogP contribution >= 0.6 is 0 Å². The van der Waals surface area contributed by atoms with Gasteiger partial charge in [0.25, 0.3) is 5.69 Å². The van der Waals surface area contributed by atoms with E-state index in [1.165, 1.54) is 36.4 Å². The van der Waals surface area contributed by atoms with E-state index < -0.39 is 16.5 Å². The van der Waals surface area contributed by atoms with Gasteiger partial charge in [-0.05, 0) is 29.8 Å². The van der Waals surface area contributed by atoms with Crippen LogP contribution in [0.25, 0.3) is 11.0 Å². The molecule has 4 rings (SSSR count). The Hall–Kier alpha value is -4.27. The van der Waals surface area contributed by atoms with Crippen LogP contribution in [-0.4, -0.2) is 20.4 Å². The highest BCUT2D eigenvalue weighted by Crippen LogP contribution is 2.24. The molecule has 2 aromatic heterocycles. The summed E-state index contributed by atoms with van der Waals surface area (Å²) >= 11 is 0. The molecule has 0 spiro atoms. The molecule has 144 valence electrons. The second kappa shape index (κ2) is 7.39. The quantitative estimate of drug-likeness (QED) is 0.169. The summed E-state index contributed by atoms with van der Waals surface area (Å²) in [4.78, 5) is 38.3.